The number of hydrogen-bond donors (Lipinski definition) is 0. The summed E-state index contributed by atoms with van der Waals surface area (Å²) in [6.07, 6.45) is 1.63. The molecule has 0 spiro atoms. The van der Waals surface area contributed by atoms with Crippen molar-refractivity contribution >= 4 is 32.9 Å². The first-order valence-electron chi connectivity index (χ1n) is 16.6. The molecule has 0 amide bonds. The van der Waals surface area contributed by atoms with Gasteiger partial charge in [0.2, 0.25) is 0 Å². The lowest BCUT2D eigenvalue weighted by atomic mass is 9.64. The van der Waals surface area contributed by atoms with E-state index in [0.29, 0.717) is 11.1 Å². The number of anilines is 2. The molecule has 2 atom stereocenters. The molecule has 4 aromatic rings. The van der Waals surface area contributed by atoms with Crippen molar-refractivity contribution in [2.75, 3.05) is 22.9 Å². The summed E-state index contributed by atoms with van der Waals surface area (Å²) in [6.45, 7) is 11.2. The summed E-state index contributed by atoms with van der Waals surface area (Å²) in [4.78, 5) is 5.03. The Labute approximate surface area is 260 Å². The molecular weight excluding hydrogens is 540 g/mol. The maximum Gasteiger partial charge on any atom is 0.0596 e. The fourth-order valence-corrected chi connectivity index (χ4v) is 10.4. The smallest absolute Gasteiger partial charge is 0.0596 e. The predicted octanol–water partition coefficient (Wildman–Crippen LogP) is 6.28. The van der Waals surface area contributed by atoms with Crippen LogP contribution >= 0.6 is 0 Å². The van der Waals surface area contributed by atoms with Crippen molar-refractivity contribution in [3.8, 4) is 0 Å². The van der Waals surface area contributed by atoms with Crippen LogP contribution in [0.3, 0.4) is 0 Å². The maximum atomic E-state index is 14.5. The Morgan fingerprint density at radius 1 is 0.568 bits per heavy atom. The Hall–Kier alpha value is -3.60. The number of rotatable bonds is 0. The zero-order valence-corrected chi connectivity index (χ0v) is 26.2. The molecule has 4 nitrogen and oxygen atoms in total. The second-order valence-electron chi connectivity index (χ2n) is 14.9. The SMILES string of the molecule is CC1(C)c2c(ccc3ccccc23)N2CCCC(=C3C([O-])C(=C4CCCN5c6ccc7ccccc7c6C(C)(C)C45)C3[O-])C21. The van der Waals surface area contributed by atoms with Crippen LogP contribution in [0.5, 0.6) is 0 Å². The van der Waals surface area contributed by atoms with Crippen molar-refractivity contribution in [1.29, 1.82) is 0 Å². The Bertz CT molecular complexity index is 1790. The fourth-order valence-electron chi connectivity index (χ4n) is 10.4. The van der Waals surface area contributed by atoms with Gasteiger partial charge in [0, 0.05) is 35.3 Å². The van der Waals surface area contributed by atoms with E-state index in [4.69, 9.17) is 0 Å². The van der Waals surface area contributed by atoms with Gasteiger partial charge in [-0.15, -0.1) is 0 Å². The van der Waals surface area contributed by atoms with E-state index >= 15 is 0 Å². The molecule has 4 heteroatoms. The molecule has 224 valence electrons. The minimum Gasteiger partial charge on any atom is -0.846 e. The number of nitrogens with zero attached hydrogens (tertiary/aromatic N) is 2. The topological polar surface area (TPSA) is 52.6 Å². The summed E-state index contributed by atoms with van der Waals surface area (Å²) in [7, 11) is 0. The summed E-state index contributed by atoms with van der Waals surface area (Å²) in [5.41, 5.74) is 8.48. The van der Waals surface area contributed by atoms with Gasteiger partial charge in [-0.25, -0.2) is 0 Å². The molecule has 2 saturated heterocycles. The Morgan fingerprint density at radius 3 is 1.41 bits per heavy atom. The van der Waals surface area contributed by atoms with Gasteiger partial charge < -0.3 is 20.0 Å². The predicted molar refractivity (Wildman–Crippen MR) is 176 cm³/mol. The highest BCUT2D eigenvalue weighted by Crippen LogP contribution is 2.57. The van der Waals surface area contributed by atoms with Crippen LogP contribution in [0, 0.1) is 0 Å². The van der Waals surface area contributed by atoms with Gasteiger partial charge in [0.25, 0.3) is 0 Å². The van der Waals surface area contributed by atoms with Gasteiger partial charge in [0.1, 0.15) is 0 Å². The van der Waals surface area contributed by atoms with Crippen molar-refractivity contribution in [3.63, 3.8) is 0 Å². The molecule has 0 N–H and O–H groups in total. The lowest BCUT2D eigenvalue weighted by Gasteiger charge is -2.58. The van der Waals surface area contributed by atoms with Crippen LogP contribution in [-0.2, 0) is 10.8 Å². The van der Waals surface area contributed by atoms with Crippen LogP contribution in [0.15, 0.2) is 95.1 Å². The molecule has 1 saturated carbocycles. The van der Waals surface area contributed by atoms with E-state index in [1.807, 2.05) is 0 Å². The van der Waals surface area contributed by atoms with Crippen LogP contribution < -0.4 is 20.0 Å². The molecular formula is C40H40N2O2-2. The van der Waals surface area contributed by atoms with Crippen LogP contribution in [0.2, 0.25) is 0 Å². The third-order valence-corrected chi connectivity index (χ3v) is 11.9. The third-order valence-electron chi connectivity index (χ3n) is 11.9. The molecule has 0 aromatic heterocycles. The Morgan fingerprint density at radius 2 is 0.977 bits per heavy atom. The largest absolute Gasteiger partial charge is 0.846 e. The quantitative estimate of drug-likeness (QED) is 0.230. The highest BCUT2D eigenvalue weighted by Gasteiger charge is 2.52. The average molecular weight is 581 g/mol. The Kier molecular flexibility index (Phi) is 5.47. The summed E-state index contributed by atoms with van der Waals surface area (Å²) in [6, 6.07) is 26.4. The normalized spacial score (nSPS) is 28.2. The van der Waals surface area contributed by atoms with E-state index in [9.17, 15) is 10.2 Å². The van der Waals surface area contributed by atoms with Gasteiger partial charge in [-0.05, 0) is 81.6 Å². The summed E-state index contributed by atoms with van der Waals surface area (Å²) in [5.74, 6) is 0. The van der Waals surface area contributed by atoms with E-state index in [2.05, 4.69) is 110 Å². The fraction of sp³-hybridized carbons (Fsp3) is 0.400. The third kappa shape index (κ3) is 3.26. The highest BCUT2D eigenvalue weighted by atomic mass is 16.3. The molecule has 2 unspecified atom stereocenters. The first kappa shape index (κ1) is 26.8. The zero-order chi connectivity index (χ0) is 30.1. The Balaban J connectivity index is 1.15. The van der Waals surface area contributed by atoms with Crippen LogP contribution in [0.4, 0.5) is 11.4 Å². The second-order valence-corrected chi connectivity index (χ2v) is 14.9. The molecule has 5 aliphatic rings. The average Bonchev–Trinajstić information content (AvgIpc) is 3.42. The highest BCUT2D eigenvalue weighted by molar-refractivity contribution is 5.95. The number of fused-ring (bicyclic) bond motifs is 10. The van der Waals surface area contributed by atoms with Gasteiger partial charge in [-0.3, -0.25) is 0 Å². The first-order valence-corrected chi connectivity index (χ1v) is 16.6. The van der Waals surface area contributed by atoms with Crippen molar-refractivity contribution in [2.45, 2.75) is 88.5 Å². The zero-order valence-electron chi connectivity index (χ0n) is 26.2. The van der Waals surface area contributed by atoms with Gasteiger partial charge in [0.15, 0.2) is 0 Å². The monoisotopic (exact) mass is 580 g/mol. The lowest BCUT2D eigenvalue weighted by Crippen LogP contribution is -2.61. The summed E-state index contributed by atoms with van der Waals surface area (Å²) < 4.78 is 0. The number of hydrogen-bond acceptors (Lipinski definition) is 4. The first-order chi connectivity index (χ1) is 21.2. The molecule has 0 bridgehead atoms. The van der Waals surface area contributed by atoms with Gasteiger partial charge in [0.05, 0.1) is 12.1 Å². The molecule has 0 radical (unpaired) electrons. The van der Waals surface area contributed by atoms with E-state index < -0.39 is 12.2 Å². The van der Waals surface area contributed by atoms with Crippen LogP contribution in [0.1, 0.15) is 64.5 Å². The molecule has 4 heterocycles. The van der Waals surface area contributed by atoms with Crippen molar-refractivity contribution in [2.24, 2.45) is 0 Å². The van der Waals surface area contributed by atoms with Crippen molar-refractivity contribution in [3.05, 3.63) is 106 Å². The number of benzene rings is 4. The maximum absolute atomic E-state index is 14.5. The van der Waals surface area contributed by atoms with Crippen molar-refractivity contribution < 1.29 is 10.2 Å². The second kappa shape index (κ2) is 8.99. The summed E-state index contributed by atoms with van der Waals surface area (Å²) in [5, 5.41) is 34.0. The molecule has 1 aliphatic carbocycles. The molecule has 4 aromatic carbocycles. The molecule has 44 heavy (non-hydrogen) atoms. The van der Waals surface area contributed by atoms with E-state index in [1.54, 1.807) is 0 Å². The van der Waals surface area contributed by atoms with E-state index in [-0.39, 0.29) is 22.9 Å². The van der Waals surface area contributed by atoms with Gasteiger partial charge in [-0.1, -0.05) is 112 Å². The van der Waals surface area contributed by atoms with Gasteiger partial charge in [-0.2, -0.15) is 0 Å². The minimum atomic E-state index is -1.02. The standard InChI is InChI=1S/C40H40N2O2/c1-39(2)33-25-13-7-5-11-23(25)17-19-29(33)41-21-9-15-27(37(39)41)31-35(43)32(36(31)44)28-16-10-22-42-30-20-18-24-12-6-8-14-26(24)34(30)40(3,4)38(28)42/h5-8,11-14,17-20,35-38H,9-10,15-16,21-22H2,1-4H3/q-2. The van der Waals surface area contributed by atoms with Crippen molar-refractivity contribution in [1.82, 2.24) is 0 Å². The summed E-state index contributed by atoms with van der Waals surface area (Å²) >= 11 is 0. The van der Waals surface area contributed by atoms with E-state index in [0.717, 1.165) is 49.9 Å². The van der Waals surface area contributed by atoms with E-state index in [1.165, 1.54) is 44.0 Å². The molecule has 4 aliphatic heterocycles. The van der Waals surface area contributed by atoms with Crippen LogP contribution in [0.25, 0.3) is 21.5 Å². The minimum absolute atomic E-state index is 0.0629. The van der Waals surface area contributed by atoms with Crippen LogP contribution in [-0.4, -0.2) is 37.4 Å². The lowest BCUT2D eigenvalue weighted by molar-refractivity contribution is -0.464. The number of piperidine rings is 2. The van der Waals surface area contributed by atoms with Gasteiger partial charge >= 0.3 is 0 Å². The molecule has 9 rings (SSSR count). The molecule has 3 fully saturated rings.